The molecule has 1 saturated heterocycles. The van der Waals surface area contributed by atoms with Gasteiger partial charge in [0.1, 0.15) is 5.82 Å². The monoisotopic (exact) mass is 396 g/mol. The standard InChI is InChI=1S/C19H23F3N4O2/c1-25-17(27)23-16(24-25)11-26-10-15(28-12-18(26)7-2-3-8-18)13-5-4-6-14(9-13)19(20,21)22/h4-6,9,15H,2-3,7-8,10-12H2,1H3,(H,23,24,27)/t15-/m0/s1. The number of hydrogen-bond acceptors (Lipinski definition) is 4. The van der Waals surface area contributed by atoms with Crippen molar-refractivity contribution in [2.45, 2.75) is 50.0 Å². The lowest BCUT2D eigenvalue weighted by Gasteiger charge is -2.47. The number of rotatable bonds is 3. The van der Waals surface area contributed by atoms with Crippen LogP contribution in [0.4, 0.5) is 13.2 Å². The molecule has 1 aliphatic heterocycles. The van der Waals surface area contributed by atoms with Crippen LogP contribution in [0, 0.1) is 0 Å². The molecule has 9 heteroatoms. The molecule has 1 aromatic carbocycles. The predicted molar refractivity (Wildman–Crippen MR) is 95.6 cm³/mol. The van der Waals surface area contributed by atoms with E-state index in [1.807, 2.05) is 0 Å². The molecule has 1 aromatic heterocycles. The molecule has 2 aromatic rings. The van der Waals surface area contributed by atoms with Gasteiger partial charge in [0.2, 0.25) is 0 Å². The maximum absolute atomic E-state index is 13.1. The third-order valence-corrected chi connectivity index (χ3v) is 5.89. The first-order valence-electron chi connectivity index (χ1n) is 9.43. The summed E-state index contributed by atoms with van der Waals surface area (Å²) < 4.78 is 46.6. The van der Waals surface area contributed by atoms with Gasteiger partial charge in [0.25, 0.3) is 0 Å². The lowest BCUT2D eigenvalue weighted by molar-refractivity contribution is -0.138. The quantitative estimate of drug-likeness (QED) is 0.866. The predicted octanol–water partition coefficient (Wildman–Crippen LogP) is 3.01. The zero-order valence-electron chi connectivity index (χ0n) is 15.6. The van der Waals surface area contributed by atoms with Crippen molar-refractivity contribution in [3.05, 3.63) is 51.7 Å². The molecule has 152 valence electrons. The number of aryl methyl sites for hydroxylation is 1. The molecular weight excluding hydrogens is 373 g/mol. The Balaban J connectivity index is 1.60. The van der Waals surface area contributed by atoms with Gasteiger partial charge in [0.05, 0.1) is 24.8 Å². The molecule has 1 N–H and O–H groups in total. The molecule has 0 unspecified atom stereocenters. The molecular formula is C19H23F3N4O2. The minimum atomic E-state index is -4.38. The summed E-state index contributed by atoms with van der Waals surface area (Å²) in [6.07, 6.45) is -0.716. The first-order chi connectivity index (χ1) is 13.3. The van der Waals surface area contributed by atoms with Crippen molar-refractivity contribution in [3.8, 4) is 0 Å². The van der Waals surface area contributed by atoms with E-state index < -0.39 is 17.8 Å². The smallest absolute Gasteiger partial charge is 0.370 e. The average Bonchev–Trinajstić information content (AvgIpc) is 3.24. The first-order valence-corrected chi connectivity index (χ1v) is 9.43. The zero-order chi connectivity index (χ0) is 19.9. The molecule has 0 bridgehead atoms. The maximum Gasteiger partial charge on any atom is 0.416 e. The topological polar surface area (TPSA) is 63.1 Å². The van der Waals surface area contributed by atoms with Gasteiger partial charge >= 0.3 is 11.9 Å². The Bertz CT molecular complexity index is 899. The van der Waals surface area contributed by atoms with Crippen LogP contribution in [0.5, 0.6) is 0 Å². The fourth-order valence-corrected chi connectivity index (χ4v) is 4.34. The largest absolute Gasteiger partial charge is 0.416 e. The molecule has 28 heavy (non-hydrogen) atoms. The van der Waals surface area contributed by atoms with Gasteiger partial charge in [-0.05, 0) is 30.5 Å². The van der Waals surface area contributed by atoms with Crippen molar-refractivity contribution in [3.63, 3.8) is 0 Å². The number of nitrogens with one attached hydrogen (secondary N) is 1. The Morgan fingerprint density at radius 2 is 2.07 bits per heavy atom. The third kappa shape index (κ3) is 3.60. The minimum Gasteiger partial charge on any atom is -0.370 e. The van der Waals surface area contributed by atoms with Crippen LogP contribution in [-0.2, 0) is 24.5 Å². The maximum atomic E-state index is 13.1. The highest BCUT2D eigenvalue weighted by molar-refractivity contribution is 5.28. The molecule has 4 rings (SSSR count). The number of alkyl halides is 3. The summed E-state index contributed by atoms with van der Waals surface area (Å²) in [5, 5.41) is 4.22. The summed E-state index contributed by atoms with van der Waals surface area (Å²) in [6, 6.07) is 5.33. The van der Waals surface area contributed by atoms with Gasteiger partial charge in [-0.15, -0.1) is 0 Å². The van der Waals surface area contributed by atoms with Crippen LogP contribution in [0.1, 0.15) is 48.7 Å². The second-order valence-corrected chi connectivity index (χ2v) is 7.74. The van der Waals surface area contributed by atoms with Crippen LogP contribution in [0.15, 0.2) is 29.1 Å². The fraction of sp³-hybridized carbons (Fsp3) is 0.579. The Morgan fingerprint density at radius 3 is 2.71 bits per heavy atom. The highest BCUT2D eigenvalue weighted by Gasteiger charge is 2.45. The van der Waals surface area contributed by atoms with E-state index >= 15 is 0 Å². The number of benzene rings is 1. The van der Waals surface area contributed by atoms with Crippen molar-refractivity contribution in [2.75, 3.05) is 13.2 Å². The Labute approximate surface area is 160 Å². The SMILES string of the molecule is Cn1nc(CN2C[C@@H](c3cccc(C(F)(F)F)c3)OCC23CCCC3)[nH]c1=O. The normalized spacial score (nSPS) is 22.8. The van der Waals surface area contributed by atoms with Crippen LogP contribution in [-0.4, -0.2) is 38.4 Å². The van der Waals surface area contributed by atoms with Crippen LogP contribution in [0.25, 0.3) is 0 Å². The molecule has 2 heterocycles. The molecule has 1 spiro atoms. The van der Waals surface area contributed by atoms with Gasteiger partial charge in [0, 0.05) is 19.1 Å². The van der Waals surface area contributed by atoms with Crippen LogP contribution in [0.3, 0.4) is 0 Å². The summed E-state index contributed by atoms with van der Waals surface area (Å²) in [4.78, 5) is 16.7. The number of nitrogens with zero attached hydrogens (tertiary/aromatic N) is 3. The third-order valence-electron chi connectivity index (χ3n) is 5.89. The molecule has 6 nitrogen and oxygen atoms in total. The number of aromatic nitrogens is 3. The van der Waals surface area contributed by atoms with Crippen molar-refractivity contribution in [2.24, 2.45) is 7.05 Å². The summed E-state index contributed by atoms with van der Waals surface area (Å²) in [6.45, 7) is 1.36. The van der Waals surface area contributed by atoms with Gasteiger partial charge < -0.3 is 4.74 Å². The highest BCUT2D eigenvalue weighted by atomic mass is 19.4. The number of halogens is 3. The molecule has 1 aliphatic carbocycles. The minimum absolute atomic E-state index is 0.146. The van der Waals surface area contributed by atoms with E-state index in [-0.39, 0.29) is 11.2 Å². The molecule has 0 amide bonds. The van der Waals surface area contributed by atoms with E-state index in [2.05, 4.69) is 15.0 Å². The number of H-pyrrole nitrogens is 1. The molecule has 2 fully saturated rings. The van der Waals surface area contributed by atoms with Crippen LogP contribution >= 0.6 is 0 Å². The van der Waals surface area contributed by atoms with Crippen LogP contribution in [0.2, 0.25) is 0 Å². The number of aromatic amines is 1. The fourth-order valence-electron chi connectivity index (χ4n) is 4.34. The summed E-state index contributed by atoms with van der Waals surface area (Å²) >= 11 is 0. The lowest BCUT2D eigenvalue weighted by Crippen LogP contribution is -2.55. The highest BCUT2D eigenvalue weighted by Crippen LogP contribution is 2.42. The number of ether oxygens (including phenoxy) is 1. The van der Waals surface area contributed by atoms with Crippen molar-refractivity contribution >= 4 is 0 Å². The van der Waals surface area contributed by atoms with Gasteiger partial charge in [-0.25, -0.2) is 9.48 Å². The lowest BCUT2D eigenvalue weighted by atomic mass is 9.92. The van der Waals surface area contributed by atoms with E-state index in [1.54, 1.807) is 13.1 Å². The average molecular weight is 396 g/mol. The number of morpholine rings is 1. The van der Waals surface area contributed by atoms with E-state index in [0.717, 1.165) is 37.8 Å². The van der Waals surface area contributed by atoms with Gasteiger partial charge in [-0.3, -0.25) is 9.88 Å². The summed E-state index contributed by atoms with van der Waals surface area (Å²) in [7, 11) is 1.58. The Morgan fingerprint density at radius 1 is 1.32 bits per heavy atom. The molecule has 2 aliphatic rings. The summed E-state index contributed by atoms with van der Waals surface area (Å²) in [5.41, 5.74) is -0.581. The van der Waals surface area contributed by atoms with Gasteiger partial charge in [0.15, 0.2) is 0 Å². The van der Waals surface area contributed by atoms with Crippen LogP contribution < -0.4 is 5.69 Å². The Kier molecular flexibility index (Phi) is 4.83. The first kappa shape index (κ1) is 19.2. The van der Waals surface area contributed by atoms with E-state index in [1.165, 1.54) is 10.7 Å². The summed E-state index contributed by atoms with van der Waals surface area (Å²) in [5.74, 6) is 0.559. The van der Waals surface area contributed by atoms with Gasteiger partial charge in [-0.1, -0.05) is 25.0 Å². The Hall–Kier alpha value is -2.13. The zero-order valence-corrected chi connectivity index (χ0v) is 15.6. The van der Waals surface area contributed by atoms with Crippen molar-refractivity contribution < 1.29 is 17.9 Å². The second-order valence-electron chi connectivity index (χ2n) is 7.74. The molecule has 0 radical (unpaired) electrons. The van der Waals surface area contributed by atoms with Crippen molar-refractivity contribution in [1.82, 2.24) is 19.7 Å². The molecule has 1 atom stereocenters. The number of hydrogen-bond donors (Lipinski definition) is 1. The second kappa shape index (κ2) is 7.04. The van der Waals surface area contributed by atoms with Crippen molar-refractivity contribution in [1.29, 1.82) is 0 Å². The molecule has 1 saturated carbocycles. The van der Waals surface area contributed by atoms with E-state index in [9.17, 15) is 18.0 Å². The van der Waals surface area contributed by atoms with E-state index in [4.69, 9.17) is 4.74 Å². The van der Waals surface area contributed by atoms with Gasteiger partial charge in [-0.2, -0.15) is 18.3 Å². The van der Waals surface area contributed by atoms with E-state index in [0.29, 0.717) is 31.1 Å².